The van der Waals surface area contributed by atoms with Crippen LogP contribution in [0.3, 0.4) is 0 Å². The van der Waals surface area contributed by atoms with E-state index in [1.54, 1.807) is 17.5 Å². The molecule has 7 heteroatoms. The van der Waals surface area contributed by atoms with Crippen LogP contribution >= 0.6 is 22.9 Å². The van der Waals surface area contributed by atoms with Gasteiger partial charge in [0, 0.05) is 19.3 Å². The van der Waals surface area contributed by atoms with Crippen molar-refractivity contribution in [2.45, 2.75) is 6.54 Å². The number of fused-ring (bicyclic) bond motifs is 1. The number of ether oxygens (including phenoxy) is 1. The molecule has 5 nitrogen and oxygen atoms in total. The zero-order valence-electron chi connectivity index (χ0n) is 11.3. The van der Waals surface area contributed by atoms with E-state index < -0.39 is 0 Å². The maximum Gasteiger partial charge on any atom is 0.160 e. The summed E-state index contributed by atoms with van der Waals surface area (Å²) in [6, 6.07) is 5.89. The number of nitrogens with two attached hydrogens (primary N) is 1. The molecule has 0 fully saturated rings. The summed E-state index contributed by atoms with van der Waals surface area (Å²) in [7, 11) is 0. The molecule has 0 atom stereocenters. The van der Waals surface area contributed by atoms with Gasteiger partial charge in [-0.05, 0) is 17.5 Å². The Hall–Kier alpha value is -1.47. The Bertz CT molecular complexity index is 726. The van der Waals surface area contributed by atoms with E-state index in [2.05, 4.69) is 14.5 Å². The van der Waals surface area contributed by atoms with Crippen LogP contribution in [-0.4, -0.2) is 34.3 Å². The van der Waals surface area contributed by atoms with Crippen molar-refractivity contribution in [1.82, 2.24) is 14.5 Å². The molecule has 21 heavy (non-hydrogen) atoms. The first kappa shape index (κ1) is 14.5. The Balaban J connectivity index is 1.99. The van der Waals surface area contributed by atoms with Gasteiger partial charge >= 0.3 is 0 Å². The lowest BCUT2D eigenvalue weighted by Crippen LogP contribution is -2.13. The summed E-state index contributed by atoms with van der Waals surface area (Å²) >= 11 is 7.65. The molecule has 0 radical (unpaired) electrons. The van der Waals surface area contributed by atoms with Gasteiger partial charge in [-0.25, -0.2) is 9.97 Å². The summed E-state index contributed by atoms with van der Waals surface area (Å²) < 4.78 is 7.54. The van der Waals surface area contributed by atoms with Gasteiger partial charge in [0.15, 0.2) is 11.5 Å². The van der Waals surface area contributed by atoms with Crippen LogP contribution < -0.4 is 5.73 Å². The number of halogens is 1. The zero-order chi connectivity index (χ0) is 14.7. The maximum absolute atomic E-state index is 6.00. The van der Waals surface area contributed by atoms with Gasteiger partial charge in [0.1, 0.15) is 5.52 Å². The van der Waals surface area contributed by atoms with Crippen molar-refractivity contribution >= 4 is 34.1 Å². The molecule has 110 valence electrons. The number of hydrogen-bond donors (Lipinski definition) is 1. The van der Waals surface area contributed by atoms with Crippen molar-refractivity contribution in [3.8, 4) is 10.7 Å². The lowest BCUT2D eigenvalue weighted by molar-refractivity contribution is 0.134. The number of pyridine rings is 1. The molecular formula is C14H15ClN4OS. The molecule has 0 bridgehead atoms. The van der Waals surface area contributed by atoms with E-state index >= 15 is 0 Å². The third-order valence-electron chi connectivity index (χ3n) is 3.01. The summed E-state index contributed by atoms with van der Waals surface area (Å²) in [4.78, 5) is 10.2. The van der Waals surface area contributed by atoms with Gasteiger partial charge in [0.25, 0.3) is 0 Å². The molecule has 3 rings (SSSR count). The van der Waals surface area contributed by atoms with Gasteiger partial charge in [-0.15, -0.1) is 11.3 Å². The molecule has 3 aromatic heterocycles. The van der Waals surface area contributed by atoms with Crippen molar-refractivity contribution in [3.05, 3.63) is 34.8 Å². The van der Waals surface area contributed by atoms with Gasteiger partial charge < -0.3 is 15.0 Å². The molecule has 0 aliphatic carbocycles. The van der Waals surface area contributed by atoms with Gasteiger partial charge in [0.05, 0.1) is 23.1 Å². The predicted octanol–water partition coefficient (Wildman–Crippen LogP) is 2.79. The quantitative estimate of drug-likeness (QED) is 0.709. The second-order valence-electron chi connectivity index (χ2n) is 4.46. The SMILES string of the molecule is NCCOCCn1c(-c2cccs2)nc2cc(Cl)cnc21. The molecule has 0 amide bonds. The fourth-order valence-electron chi connectivity index (χ4n) is 2.13. The van der Waals surface area contributed by atoms with E-state index in [0.717, 1.165) is 21.9 Å². The average molecular weight is 323 g/mol. The van der Waals surface area contributed by atoms with Gasteiger partial charge in [-0.1, -0.05) is 17.7 Å². The smallest absolute Gasteiger partial charge is 0.160 e. The summed E-state index contributed by atoms with van der Waals surface area (Å²) in [5, 5.41) is 2.62. The third kappa shape index (κ3) is 3.08. The van der Waals surface area contributed by atoms with E-state index in [-0.39, 0.29) is 0 Å². The molecular weight excluding hydrogens is 308 g/mol. The molecule has 0 saturated heterocycles. The van der Waals surface area contributed by atoms with Crippen LogP contribution in [0.4, 0.5) is 0 Å². The van der Waals surface area contributed by atoms with E-state index in [9.17, 15) is 0 Å². The summed E-state index contributed by atoms with van der Waals surface area (Å²) in [6.45, 7) is 2.33. The van der Waals surface area contributed by atoms with Crippen LogP contribution in [0, 0.1) is 0 Å². The first-order valence-electron chi connectivity index (χ1n) is 6.63. The van der Waals surface area contributed by atoms with Gasteiger partial charge in [-0.2, -0.15) is 0 Å². The standard InChI is InChI=1S/C14H15ClN4OS/c15-10-8-11-13(17-9-10)19(4-6-20-5-3-16)14(18-11)12-2-1-7-21-12/h1-2,7-9H,3-6,16H2. The van der Waals surface area contributed by atoms with Crippen molar-refractivity contribution < 1.29 is 4.74 Å². The summed E-state index contributed by atoms with van der Waals surface area (Å²) in [6.07, 6.45) is 1.64. The Morgan fingerprint density at radius 2 is 2.29 bits per heavy atom. The second kappa shape index (κ2) is 6.53. The lowest BCUT2D eigenvalue weighted by atomic mass is 10.4. The highest BCUT2D eigenvalue weighted by Crippen LogP contribution is 2.28. The van der Waals surface area contributed by atoms with Crippen molar-refractivity contribution in [3.63, 3.8) is 0 Å². The first-order chi connectivity index (χ1) is 10.3. The van der Waals surface area contributed by atoms with Crippen LogP contribution in [0.5, 0.6) is 0 Å². The minimum atomic E-state index is 0.524. The maximum atomic E-state index is 6.00. The number of hydrogen-bond acceptors (Lipinski definition) is 5. The van der Waals surface area contributed by atoms with Gasteiger partial charge in [-0.3, -0.25) is 0 Å². The van der Waals surface area contributed by atoms with Crippen LogP contribution in [-0.2, 0) is 11.3 Å². The van der Waals surface area contributed by atoms with Crippen molar-refractivity contribution in [1.29, 1.82) is 0 Å². The Morgan fingerprint density at radius 3 is 3.05 bits per heavy atom. The van der Waals surface area contributed by atoms with Gasteiger partial charge in [0.2, 0.25) is 0 Å². The number of nitrogens with zero attached hydrogens (tertiary/aromatic N) is 3. The zero-order valence-corrected chi connectivity index (χ0v) is 12.9. The second-order valence-corrected chi connectivity index (χ2v) is 5.85. The normalized spacial score (nSPS) is 11.3. The fourth-order valence-corrected chi connectivity index (χ4v) is 3.01. The first-order valence-corrected chi connectivity index (χ1v) is 7.89. The van der Waals surface area contributed by atoms with Crippen molar-refractivity contribution in [2.24, 2.45) is 5.73 Å². The lowest BCUT2D eigenvalue weighted by Gasteiger charge is -2.08. The Labute approximate surface area is 131 Å². The van der Waals surface area contributed by atoms with Crippen molar-refractivity contribution in [2.75, 3.05) is 19.8 Å². The largest absolute Gasteiger partial charge is 0.378 e. The molecule has 0 aromatic carbocycles. The van der Waals surface area contributed by atoms with Crippen LogP contribution in [0.15, 0.2) is 29.8 Å². The fraction of sp³-hybridized carbons (Fsp3) is 0.286. The van der Waals surface area contributed by atoms with E-state index in [1.807, 2.05) is 23.6 Å². The predicted molar refractivity (Wildman–Crippen MR) is 85.7 cm³/mol. The highest BCUT2D eigenvalue weighted by molar-refractivity contribution is 7.13. The number of imidazole rings is 1. The topological polar surface area (TPSA) is 66.0 Å². The molecule has 3 aromatic rings. The average Bonchev–Trinajstić information content (AvgIpc) is 3.10. The highest BCUT2D eigenvalue weighted by atomic mass is 35.5. The highest BCUT2D eigenvalue weighted by Gasteiger charge is 2.14. The van der Waals surface area contributed by atoms with Crippen LogP contribution in [0.25, 0.3) is 21.9 Å². The summed E-state index contributed by atoms with van der Waals surface area (Å²) in [5.74, 6) is 0.895. The molecule has 0 saturated carbocycles. The Morgan fingerprint density at radius 1 is 1.38 bits per heavy atom. The molecule has 0 unspecified atom stereocenters. The van der Waals surface area contributed by atoms with E-state index in [4.69, 9.17) is 22.1 Å². The van der Waals surface area contributed by atoms with E-state index in [1.165, 1.54) is 0 Å². The molecule has 2 N–H and O–H groups in total. The van der Waals surface area contributed by atoms with Crippen LogP contribution in [0.1, 0.15) is 0 Å². The molecule has 3 heterocycles. The molecule has 0 aliphatic rings. The molecule has 0 aliphatic heterocycles. The number of aromatic nitrogens is 3. The molecule has 0 spiro atoms. The van der Waals surface area contributed by atoms with Crippen LogP contribution in [0.2, 0.25) is 5.02 Å². The Kier molecular flexibility index (Phi) is 4.50. The third-order valence-corrected chi connectivity index (χ3v) is 4.09. The minimum absolute atomic E-state index is 0.524. The summed E-state index contributed by atoms with van der Waals surface area (Å²) in [5.41, 5.74) is 7.05. The van der Waals surface area contributed by atoms with E-state index in [0.29, 0.717) is 31.3 Å². The number of rotatable bonds is 6. The number of thiophene rings is 1. The monoisotopic (exact) mass is 322 g/mol. The minimum Gasteiger partial charge on any atom is -0.378 e.